The lowest BCUT2D eigenvalue weighted by molar-refractivity contribution is 0.0728. The fourth-order valence-electron chi connectivity index (χ4n) is 11.7. The molecule has 0 unspecified atom stereocenters. The van der Waals surface area contributed by atoms with Crippen molar-refractivity contribution in [2.24, 2.45) is 40.1 Å². The van der Waals surface area contributed by atoms with E-state index in [1.165, 1.54) is 0 Å². The summed E-state index contributed by atoms with van der Waals surface area (Å²) in [5.41, 5.74) is 49.4. The van der Waals surface area contributed by atoms with E-state index in [4.69, 9.17) is 40.1 Å². The van der Waals surface area contributed by atoms with Crippen LogP contribution in [0.5, 0.6) is 0 Å². The maximum Gasteiger partial charge on any atom is 0.254 e. The number of hydrogen-bond donors (Lipinski definition) is 7. The minimum absolute atomic E-state index is 0.0576. The minimum Gasteiger partial charge on any atom is -0.366 e. The molecule has 20 heteroatoms. The number of nitrogens with two attached hydrogens (primary N) is 7. The molecule has 14 N–H and O–H groups in total. The van der Waals surface area contributed by atoms with Gasteiger partial charge in [-0.2, -0.15) is 0 Å². The highest BCUT2D eigenvalue weighted by molar-refractivity contribution is 5.98. The van der Waals surface area contributed by atoms with Gasteiger partial charge in [0, 0.05) is 117 Å². The van der Waals surface area contributed by atoms with E-state index < -0.39 is 5.91 Å². The zero-order valence-corrected chi connectivity index (χ0v) is 57.5. The lowest BCUT2D eigenvalue weighted by atomic mass is 10.1. The van der Waals surface area contributed by atoms with Crippen molar-refractivity contribution in [2.75, 3.05) is 78.5 Å². The van der Waals surface area contributed by atoms with Crippen LogP contribution in [0.4, 0.5) is 0 Å². The van der Waals surface area contributed by atoms with E-state index in [0.717, 1.165) is 91.2 Å². The van der Waals surface area contributed by atoms with E-state index >= 15 is 0 Å². The van der Waals surface area contributed by atoms with Gasteiger partial charge in [-0.15, -0.1) is 0 Å². The van der Waals surface area contributed by atoms with Crippen LogP contribution >= 0.6 is 0 Å². The second-order valence-electron chi connectivity index (χ2n) is 25.2. The van der Waals surface area contributed by atoms with Crippen LogP contribution in [0.3, 0.4) is 0 Å². The lowest BCUT2D eigenvalue weighted by Gasteiger charge is -2.25. The van der Waals surface area contributed by atoms with Crippen LogP contribution in [0, 0.1) is 0 Å². The van der Waals surface area contributed by atoms with Gasteiger partial charge in [-0.1, -0.05) is 91.0 Å². The molecule has 0 saturated heterocycles. The van der Waals surface area contributed by atoms with Crippen molar-refractivity contribution in [2.45, 2.75) is 116 Å². The van der Waals surface area contributed by atoms with Crippen LogP contribution in [-0.4, -0.2) is 149 Å². The summed E-state index contributed by atoms with van der Waals surface area (Å²) >= 11 is 0. The van der Waals surface area contributed by atoms with Crippen molar-refractivity contribution in [1.82, 2.24) is 29.4 Å². The molecule has 0 bridgehead atoms. The molecule has 99 heavy (non-hydrogen) atoms. The molecule has 0 aliphatic rings. The van der Waals surface area contributed by atoms with Gasteiger partial charge in [-0.25, -0.2) is 0 Å². The molecular formula is C79H103N13O7. The van der Waals surface area contributed by atoms with E-state index in [9.17, 15) is 33.6 Å². The number of nitrogens with zero attached hydrogens (tertiary/aromatic N) is 6. The first kappa shape index (κ1) is 76.9. The average molecular weight is 1350 g/mol. The van der Waals surface area contributed by atoms with E-state index in [-0.39, 0.29) is 35.4 Å². The first-order valence-electron chi connectivity index (χ1n) is 35.0. The summed E-state index contributed by atoms with van der Waals surface area (Å²) in [6, 6.07) is 53.1. The van der Waals surface area contributed by atoms with Gasteiger partial charge in [0.15, 0.2) is 0 Å². The molecule has 0 spiro atoms. The van der Waals surface area contributed by atoms with Crippen molar-refractivity contribution in [3.63, 3.8) is 0 Å². The quantitative estimate of drug-likeness (QED) is 0.0176. The molecule has 0 saturated carbocycles. The van der Waals surface area contributed by atoms with Crippen LogP contribution in [0.2, 0.25) is 0 Å². The molecule has 20 nitrogen and oxygen atoms in total. The molecule has 0 aliphatic carbocycles. The number of primary amides is 1. The Morgan fingerprint density at radius 2 is 0.374 bits per heavy atom. The Labute approximate surface area is 584 Å². The first-order chi connectivity index (χ1) is 48.2. The Bertz CT molecular complexity index is 3620. The summed E-state index contributed by atoms with van der Waals surface area (Å²) in [5, 5.41) is 0. The topological polar surface area (TPSA) is 321 Å². The summed E-state index contributed by atoms with van der Waals surface area (Å²) < 4.78 is 0. The third-order valence-corrected chi connectivity index (χ3v) is 17.5. The van der Waals surface area contributed by atoms with Crippen LogP contribution in [0.25, 0.3) is 0 Å². The molecule has 7 amide bonds. The van der Waals surface area contributed by atoms with Gasteiger partial charge in [0.2, 0.25) is 5.91 Å². The predicted octanol–water partition coefficient (Wildman–Crippen LogP) is 9.07. The Kier molecular flexibility index (Phi) is 32.5. The number of carbonyl (C=O) groups is 7. The lowest BCUT2D eigenvalue weighted by Crippen LogP contribution is -2.33. The minimum atomic E-state index is -0.518. The Hall–Kier alpha value is -9.41. The highest BCUT2D eigenvalue weighted by Crippen LogP contribution is 2.23. The SMILES string of the molecule is NCCCCN(Cc1ccc(C(=O)N(CCCCN)Cc2ccc(C(=O)N(CCCCN)Cc3ccc(C(=O)N(CCCCN)Cc4ccc(C(=O)N(CCCCN)Cc5ccc(C(=O)N(CCCCN)Cc6ccc(C(N)=O)cc6)cc5)cc4)cc3)cc2)cc1)C(=O)c1ccccc1. The molecule has 0 heterocycles. The van der Waals surface area contributed by atoms with Crippen LogP contribution < -0.4 is 40.1 Å². The van der Waals surface area contributed by atoms with Crippen LogP contribution in [-0.2, 0) is 39.3 Å². The number of benzene rings is 7. The number of amides is 7. The fourth-order valence-corrected chi connectivity index (χ4v) is 11.7. The Morgan fingerprint density at radius 3 is 0.535 bits per heavy atom. The predicted molar refractivity (Wildman–Crippen MR) is 392 cm³/mol. The number of carbonyl (C=O) groups excluding carboxylic acids is 7. The summed E-state index contributed by atoms with van der Waals surface area (Å²) in [5.74, 6) is -1.32. The first-order valence-corrected chi connectivity index (χ1v) is 35.0. The van der Waals surface area contributed by atoms with Gasteiger partial charge in [0.05, 0.1) is 0 Å². The zero-order chi connectivity index (χ0) is 70.7. The maximum absolute atomic E-state index is 14.4. The molecule has 0 aromatic heterocycles. The molecule has 0 atom stereocenters. The highest BCUT2D eigenvalue weighted by atomic mass is 16.2. The Balaban J connectivity index is 0.981. The molecule has 7 rings (SSSR count). The van der Waals surface area contributed by atoms with Gasteiger partial charge in [0.25, 0.3) is 35.4 Å². The van der Waals surface area contributed by atoms with E-state index in [0.29, 0.717) is 176 Å². The summed E-state index contributed by atoms with van der Waals surface area (Å²) in [6.45, 7) is 7.96. The summed E-state index contributed by atoms with van der Waals surface area (Å²) in [6.07, 6.45) is 8.88. The smallest absolute Gasteiger partial charge is 0.254 e. The van der Waals surface area contributed by atoms with Gasteiger partial charge < -0.3 is 69.5 Å². The van der Waals surface area contributed by atoms with Crippen molar-refractivity contribution >= 4 is 41.4 Å². The highest BCUT2D eigenvalue weighted by Gasteiger charge is 2.24. The van der Waals surface area contributed by atoms with Crippen LogP contribution in [0.15, 0.2) is 176 Å². The maximum atomic E-state index is 14.4. The molecule has 7 aromatic rings. The van der Waals surface area contributed by atoms with Gasteiger partial charge >= 0.3 is 0 Å². The molecule has 7 aromatic carbocycles. The van der Waals surface area contributed by atoms with E-state index in [1.807, 2.05) is 125 Å². The van der Waals surface area contributed by atoms with Gasteiger partial charge in [0.1, 0.15) is 0 Å². The van der Waals surface area contributed by atoms with Crippen molar-refractivity contribution in [3.05, 3.63) is 248 Å². The standard InChI is InChI=1S/C79H103N13O7/c80-42-4-10-48-87(74(94)67-16-2-1-3-17-67)55-61-20-32-69(33-21-61)76(96)89(50-12-6-44-82)57-63-24-36-71(37-25-63)78(98)91(52-14-8-46-84)59-65-28-40-72(41-29-65)79(99)92(53-15-9-47-85)58-64-26-38-70(39-27-64)77(97)90(51-13-7-45-83)56-62-22-34-68(35-23-62)75(95)88(49-11-5-43-81)54-60-18-30-66(31-19-60)73(86)93/h1-3,16-41H,4-15,42-59,80-85H2,(H2,86,93). The van der Waals surface area contributed by atoms with Crippen LogP contribution in [0.1, 0.15) is 183 Å². The largest absolute Gasteiger partial charge is 0.366 e. The van der Waals surface area contributed by atoms with E-state index in [1.54, 1.807) is 80.3 Å². The van der Waals surface area contributed by atoms with Crippen molar-refractivity contribution in [3.8, 4) is 0 Å². The van der Waals surface area contributed by atoms with Crippen molar-refractivity contribution in [1.29, 1.82) is 0 Å². The normalized spacial score (nSPS) is 11.1. The molecular weight excluding hydrogens is 1240 g/mol. The molecule has 0 aliphatic heterocycles. The summed E-state index contributed by atoms with van der Waals surface area (Å²) in [4.78, 5) is 107. The number of hydrogen-bond acceptors (Lipinski definition) is 13. The summed E-state index contributed by atoms with van der Waals surface area (Å²) in [7, 11) is 0. The third-order valence-electron chi connectivity index (χ3n) is 17.5. The monoisotopic (exact) mass is 1350 g/mol. The average Bonchev–Trinajstić information content (AvgIpc) is 0.891. The number of rotatable bonds is 43. The second kappa shape index (κ2) is 41.8. The molecule has 0 radical (unpaired) electrons. The second-order valence-corrected chi connectivity index (χ2v) is 25.2. The molecule has 526 valence electrons. The molecule has 0 fully saturated rings. The fraction of sp³-hybridized carbons (Fsp3) is 0.380. The Morgan fingerprint density at radius 1 is 0.212 bits per heavy atom. The van der Waals surface area contributed by atoms with Gasteiger partial charge in [-0.3, -0.25) is 33.6 Å². The van der Waals surface area contributed by atoms with Crippen molar-refractivity contribution < 1.29 is 33.6 Å². The number of unbranched alkanes of at least 4 members (excludes halogenated alkanes) is 6. The van der Waals surface area contributed by atoms with E-state index in [2.05, 4.69) is 0 Å². The zero-order valence-electron chi connectivity index (χ0n) is 57.5. The van der Waals surface area contributed by atoms with Gasteiger partial charge in [-0.05, 0) is 235 Å². The third kappa shape index (κ3) is 24.5.